The van der Waals surface area contributed by atoms with Gasteiger partial charge >= 0.3 is 0 Å². The molecule has 0 unspecified atom stereocenters. The van der Waals surface area contributed by atoms with E-state index in [2.05, 4.69) is 9.97 Å². The van der Waals surface area contributed by atoms with Crippen LogP contribution in [0.15, 0.2) is 11.6 Å². The van der Waals surface area contributed by atoms with Crippen LogP contribution in [0.5, 0.6) is 0 Å². The molecule has 0 bridgehead atoms. The maximum Gasteiger partial charge on any atom is 0.257 e. The number of Topliss-reactive ketones (excluding diaryl/α,β-unsaturated/α-hetero) is 1. The fraction of sp³-hybridized carbons (Fsp3) is 0.500. The summed E-state index contributed by atoms with van der Waals surface area (Å²) in [6, 6.07) is 0.0369. The maximum absolute atomic E-state index is 13.3. The minimum Gasteiger partial charge on any atom is -0.361 e. The van der Waals surface area contributed by atoms with Gasteiger partial charge in [0.15, 0.2) is 5.78 Å². The van der Waals surface area contributed by atoms with Crippen molar-refractivity contribution >= 4 is 23.0 Å². The van der Waals surface area contributed by atoms with Gasteiger partial charge in [-0.15, -0.1) is 11.3 Å². The SMILES string of the molecule is Cc1[nH]c2c(c1C(=O)N1CCCC[C@H]1c1nccs1)C(=O)CCC2. The third-order valence-electron chi connectivity index (χ3n) is 5.09. The summed E-state index contributed by atoms with van der Waals surface area (Å²) in [5.41, 5.74) is 3.00. The van der Waals surface area contributed by atoms with Crippen LogP contribution < -0.4 is 0 Å². The highest BCUT2D eigenvalue weighted by atomic mass is 32.1. The number of carbonyl (C=O) groups is 2. The van der Waals surface area contributed by atoms with Gasteiger partial charge in [0.1, 0.15) is 5.01 Å². The van der Waals surface area contributed by atoms with Crippen molar-refractivity contribution in [2.24, 2.45) is 0 Å². The number of nitrogens with zero attached hydrogens (tertiary/aromatic N) is 2. The van der Waals surface area contributed by atoms with Crippen LogP contribution in [0.25, 0.3) is 0 Å². The zero-order chi connectivity index (χ0) is 16.7. The number of thiazole rings is 1. The fourth-order valence-corrected chi connectivity index (χ4v) is 4.76. The molecule has 1 fully saturated rings. The zero-order valence-corrected chi connectivity index (χ0v) is 14.6. The molecule has 0 spiro atoms. The third kappa shape index (κ3) is 2.49. The van der Waals surface area contributed by atoms with Gasteiger partial charge in [-0.25, -0.2) is 4.98 Å². The highest BCUT2D eigenvalue weighted by molar-refractivity contribution is 7.09. The number of hydrogen-bond donors (Lipinski definition) is 1. The Morgan fingerprint density at radius 1 is 1.33 bits per heavy atom. The van der Waals surface area contributed by atoms with Gasteiger partial charge in [0, 0.05) is 35.9 Å². The normalized spacial score (nSPS) is 21.0. The first-order chi connectivity index (χ1) is 11.7. The average Bonchev–Trinajstić information content (AvgIpc) is 3.22. The molecule has 1 aliphatic carbocycles. The van der Waals surface area contributed by atoms with Gasteiger partial charge in [0.05, 0.1) is 17.2 Å². The number of aromatic amines is 1. The number of fused-ring (bicyclic) bond motifs is 1. The zero-order valence-electron chi connectivity index (χ0n) is 13.8. The van der Waals surface area contributed by atoms with E-state index in [4.69, 9.17) is 0 Å². The number of likely N-dealkylation sites (tertiary alicyclic amines) is 1. The lowest BCUT2D eigenvalue weighted by molar-refractivity contribution is 0.0607. The highest BCUT2D eigenvalue weighted by Gasteiger charge is 2.35. The van der Waals surface area contributed by atoms with Crippen molar-refractivity contribution in [2.45, 2.75) is 51.5 Å². The van der Waals surface area contributed by atoms with Crippen molar-refractivity contribution in [1.29, 1.82) is 0 Å². The average molecular weight is 343 g/mol. The fourth-order valence-electron chi connectivity index (χ4n) is 3.98. The lowest BCUT2D eigenvalue weighted by atomic mass is 9.92. The standard InChI is InChI=1S/C18H21N3O2S/c1-11-15(16-12(20-11)5-4-7-14(16)22)18(23)21-9-3-2-6-13(21)17-19-8-10-24-17/h8,10,13,20H,2-7,9H2,1H3/t13-/m0/s1. The van der Waals surface area contributed by atoms with E-state index < -0.39 is 0 Å². The number of piperidine rings is 1. The Kier molecular flexibility index (Phi) is 4.00. The molecule has 2 aromatic rings. The van der Waals surface area contributed by atoms with Crippen LogP contribution in [0, 0.1) is 6.92 Å². The van der Waals surface area contributed by atoms with E-state index in [1.54, 1.807) is 17.5 Å². The first-order valence-electron chi connectivity index (χ1n) is 8.62. The van der Waals surface area contributed by atoms with Crippen molar-refractivity contribution in [3.05, 3.63) is 39.1 Å². The quantitative estimate of drug-likeness (QED) is 0.905. The number of aryl methyl sites for hydroxylation is 2. The first-order valence-corrected chi connectivity index (χ1v) is 9.49. The second-order valence-electron chi connectivity index (χ2n) is 6.64. The molecule has 1 aliphatic heterocycles. The molecule has 4 rings (SSSR count). The van der Waals surface area contributed by atoms with E-state index in [1.165, 1.54) is 0 Å². The highest BCUT2D eigenvalue weighted by Crippen LogP contribution is 2.35. The topological polar surface area (TPSA) is 66.1 Å². The summed E-state index contributed by atoms with van der Waals surface area (Å²) < 4.78 is 0. The van der Waals surface area contributed by atoms with Gasteiger partial charge in [-0.05, 0) is 39.0 Å². The summed E-state index contributed by atoms with van der Waals surface area (Å²) in [4.78, 5) is 35.4. The predicted molar refractivity (Wildman–Crippen MR) is 92.5 cm³/mol. The molecule has 126 valence electrons. The number of aromatic nitrogens is 2. The molecule has 24 heavy (non-hydrogen) atoms. The van der Waals surface area contributed by atoms with Crippen LogP contribution >= 0.6 is 11.3 Å². The maximum atomic E-state index is 13.3. The van der Waals surface area contributed by atoms with Crippen molar-refractivity contribution in [1.82, 2.24) is 14.9 Å². The molecule has 1 saturated heterocycles. The van der Waals surface area contributed by atoms with E-state index in [1.807, 2.05) is 17.2 Å². The van der Waals surface area contributed by atoms with Crippen LogP contribution in [0.2, 0.25) is 0 Å². The van der Waals surface area contributed by atoms with E-state index in [0.29, 0.717) is 17.5 Å². The molecule has 2 aromatic heterocycles. The molecule has 6 heteroatoms. The smallest absolute Gasteiger partial charge is 0.257 e. The Balaban J connectivity index is 1.73. The summed E-state index contributed by atoms with van der Waals surface area (Å²) in [6.45, 7) is 2.64. The summed E-state index contributed by atoms with van der Waals surface area (Å²) in [5, 5.41) is 2.95. The number of ketones is 1. The van der Waals surface area contributed by atoms with Gasteiger partial charge in [-0.1, -0.05) is 0 Å². The van der Waals surface area contributed by atoms with Crippen molar-refractivity contribution < 1.29 is 9.59 Å². The summed E-state index contributed by atoms with van der Waals surface area (Å²) in [7, 11) is 0. The van der Waals surface area contributed by atoms with Crippen LogP contribution in [-0.4, -0.2) is 33.1 Å². The minimum atomic E-state index is -0.0137. The van der Waals surface area contributed by atoms with Gasteiger partial charge in [0.2, 0.25) is 0 Å². The van der Waals surface area contributed by atoms with Gasteiger partial charge in [-0.3, -0.25) is 9.59 Å². The molecule has 5 nitrogen and oxygen atoms in total. The van der Waals surface area contributed by atoms with E-state index in [-0.39, 0.29) is 17.7 Å². The van der Waals surface area contributed by atoms with Crippen molar-refractivity contribution in [3.8, 4) is 0 Å². The van der Waals surface area contributed by atoms with Crippen LogP contribution in [0.4, 0.5) is 0 Å². The number of amides is 1. The number of carbonyl (C=O) groups excluding carboxylic acids is 2. The predicted octanol–water partition coefficient (Wildman–Crippen LogP) is 3.67. The minimum absolute atomic E-state index is 0.0137. The second kappa shape index (κ2) is 6.16. The van der Waals surface area contributed by atoms with Crippen LogP contribution in [-0.2, 0) is 6.42 Å². The summed E-state index contributed by atoms with van der Waals surface area (Å²) >= 11 is 1.60. The Morgan fingerprint density at radius 2 is 2.21 bits per heavy atom. The largest absolute Gasteiger partial charge is 0.361 e. The number of H-pyrrole nitrogens is 1. The number of hydrogen-bond acceptors (Lipinski definition) is 4. The summed E-state index contributed by atoms with van der Waals surface area (Å²) in [6.07, 6.45) is 7.12. The van der Waals surface area contributed by atoms with Gasteiger partial charge in [0.25, 0.3) is 5.91 Å². The lowest BCUT2D eigenvalue weighted by Crippen LogP contribution is -2.39. The van der Waals surface area contributed by atoms with Crippen molar-refractivity contribution in [3.63, 3.8) is 0 Å². The molecule has 1 N–H and O–H groups in total. The monoisotopic (exact) mass is 343 g/mol. The molecular formula is C18H21N3O2S. The molecule has 0 radical (unpaired) electrons. The molecule has 0 aromatic carbocycles. The molecule has 2 aliphatic rings. The molecular weight excluding hydrogens is 322 g/mol. The van der Waals surface area contributed by atoms with E-state index in [9.17, 15) is 9.59 Å². The van der Waals surface area contributed by atoms with Gasteiger partial charge in [-0.2, -0.15) is 0 Å². The molecule has 1 amide bonds. The molecule has 1 atom stereocenters. The second-order valence-corrected chi connectivity index (χ2v) is 7.56. The Morgan fingerprint density at radius 3 is 3.00 bits per heavy atom. The van der Waals surface area contributed by atoms with Crippen molar-refractivity contribution in [2.75, 3.05) is 6.54 Å². The Hall–Kier alpha value is -1.95. The lowest BCUT2D eigenvalue weighted by Gasteiger charge is -2.35. The third-order valence-corrected chi connectivity index (χ3v) is 5.97. The van der Waals surface area contributed by atoms with E-state index >= 15 is 0 Å². The summed E-state index contributed by atoms with van der Waals surface area (Å²) in [5.74, 6) is 0.0897. The van der Waals surface area contributed by atoms with Gasteiger partial charge < -0.3 is 9.88 Å². The van der Waals surface area contributed by atoms with Crippen LogP contribution in [0.1, 0.15) is 75.3 Å². The number of nitrogens with one attached hydrogen (secondary N) is 1. The molecule has 3 heterocycles. The Labute approximate surface area is 145 Å². The Bertz CT molecular complexity index is 779. The van der Waals surface area contributed by atoms with Crippen LogP contribution in [0.3, 0.4) is 0 Å². The first kappa shape index (κ1) is 15.6. The molecule has 0 saturated carbocycles. The number of rotatable bonds is 2. The van der Waals surface area contributed by atoms with E-state index in [0.717, 1.165) is 55.0 Å².